The van der Waals surface area contributed by atoms with Crippen LogP contribution >= 0.6 is 11.8 Å². The minimum atomic E-state index is 0.548. The highest BCUT2D eigenvalue weighted by atomic mass is 32.2. The molecule has 0 saturated heterocycles. The molecule has 0 aromatic heterocycles. The van der Waals surface area contributed by atoms with Crippen molar-refractivity contribution in [3.8, 4) is 23.3 Å². The predicted molar refractivity (Wildman–Crippen MR) is 82.3 cm³/mol. The van der Waals surface area contributed by atoms with Crippen LogP contribution in [0.4, 0.5) is 0 Å². The van der Waals surface area contributed by atoms with E-state index in [0.717, 1.165) is 22.4 Å². The second kappa shape index (κ2) is 6.80. The van der Waals surface area contributed by atoms with Crippen molar-refractivity contribution in [2.24, 2.45) is 0 Å². The molecule has 2 nitrogen and oxygen atoms in total. The van der Waals surface area contributed by atoms with Crippen LogP contribution in [-0.2, 0) is 6.42 Å². The summed E-state index contributed by atoms with van der Waals surface area (Å²) in [4.78, 5) is 0.999. The number of thioether (sulfide) groups is 1. The average Bonchev–Trinajstić information content (AvgIpc) is 2.52. The fraction of sp³-hybridized carbons (Fsp3) is 0.176. The van der Waals surface area contributed by atoms with Crippen molar-refractivity contribution < 1.29 is 0 Å². The van der Waals surface area contributed by atoms with Gasteiger partial charge in [-0.2, -0.15) is 10.5 Å². The van der Waals surface area contributed by atoms with Gasteiger partial charge in [-0.3, -0.25) is 0 Å². The highest BCUT2D eigenvalue weighted by Gasteiger charge is 2.04. The molecular weight excluding hydrogens is 264 g/mol. The SMILES string of the molecule is CSc1cc(-c2ccc(CCC#N)cc2)ccc1C#N. The van der Waals surface area contributed by atoms with E-state index in [0.29, 0.717) is 12.0 Å². The molecule has 0 unspecified atom stereocenters. The summed E-state index contributed by atoms with van der Waals surface area (Å²) >= 11 is 1.58. The lowest BCUT2D eigenvalue weighted by molar-refractivity contribution is 1.01. The molecular formula is C17H14N2S. The second-order valence-electron chi connectivity index (χ2n) is 4.38. The summed E-state index contributed by atoms with van der Waals surface area (Å²) in [6, 6.07) is 18.5. The molecule has 0 N–H and O–H groups in total. The number of nitriles is 2. The normalized spacial score (nSPS) is 9.75. The summed E-state index contributed by atoms with van der Waals surface area (Å²) < 4.78 is 0. The summed E-state index contributed by atoms with van der Waals surface area (Å²) in [6.07, 6.45) is 3.32. The molecule has 0 aliphatic heterocycles. The molecule has 0 amide bonds. The molecule has 0 spiro atoms. The van der Waals surface area contributed by atoms with Gasteiger partial charge >= 0.3 is 0 Å². The lowest BCUT2D eigenvalue weighted by Gasteiger charge is -2.06. The molecule has 0 bridgehead atoms. The van der Waals surface area contributed by atoms with Crippen molar-refractivity contribution >= 4 is 11.8 Å². The van der Waals surface area contributed by atoms with Crippen molar-refractivity contribution in [2.45, 2.75) is 17.7 Å². The molecule has 98 valence electrons. The quantitative estimate of drug-likeness (QED) is 0.779. The summed E-state index contributed by atoms with van der Waals surface area (Å²) in [5, 5.41) is 17.6. The van der Waals surface area contributed by atoms with Gasteiger partial charge in [0.15, 0.2) is 0 Å². The maximum absolute atomic E-state index is 9.04. The molecule has 2 rings (SSSR count). The molecule has 0 aliphatic rings. The van der Waals surface area contributed by atoms with Crippen LogP contribution in [0.3, 0.4) is 0 Å². The zero-order chi connectivity index (χ0) is 14.4. The van der Waals surface area contributed by atoms with Gasteiger partial charge in [0.1, 0.15) is 6.07 Å². The molecule has 0 atom stereocenters. The van der Waals surface area contributed by atoms with E-state index in [1.54, 1.807) is 11.8 Å². The first-order valence-electron chi connectivity index (χ1n) is 6.33. The highest BCUT2D eigenvalue weighted by molar-refractivity contribution is 7.98. The maximum atomic E-state index is 9.04. The first-order chi connectivity index (χ1) is 9.78. The Morgan fingerprint density at radius 1 is 1.00 bits per heavy atom. The van der Waals surface area contributed by atoms with Gasteiger partial charge in [-0.15, -0.1) is 11.8 Å². The topological polar surface area (TPSA) is 47.6 Å². The molecule has 3 heteroatoms. The number of hydrogen-bond acceptors (Lipinski definition) is 3. The van der Waals surface area contributed by atoms with Gasteiger partial charge in [-0.1, -0.05) is 30.3 Å². The smallest absolute Gasteiger partial charge is 0.100 e. The summed E-state index contributed by atoms with van der Waals surface area (Å²) in [5.41, 5.74) is 4.13. The van der Waals surface area contributed by atoms with E-state index >= 15 is 0 Å². The van der Waals surface area contributed by atoms with Crippen molar-refractivity contribution in [3.05, 3.63) is 53.6 Å². The second-order valence-corrected chi connectivity index (χ2v) is 5.23. The molecule has 0 saturated carbocycles. The van der Waals surface area contributed by atoms with Crippen LogP contribution in [0.1, 0.15) is 17.5 Å². The zero-order valence-corrected chi connectivity index (χ0v) is 12.1. The molecule has 2 aromatic carbocycles. The van der Waals surface area contributed by atoms with Crippen LogP contribution in [-0.4, -0.2) is 6.26 Å². The minimum Gasteiger partial charge on any atom is -0.198 e. The van der Waals surface area contributed by atoms with Crippen molar-refractivity contribution in [2.75, 3.05) is 6.26 Å². The molecule has 0 radical (unpaired) electrons. The fourth-order valence-corrected chi connectivity index (χ4v) is 2.61. The Kier molecular flexibility index (Phi) is 4.82. The van der Waals surface area contributed by atoms with E-state index in [2.05, 4.69) is 36.4 Å². The van der Waals surface area contributed by atoms with Gasteiger partial charge < -0.3 is 0 Å². The van der Waals surface area contributed by atoms with Crippen LogP contribution in [0.2, 0.25) is 0 Å². The van der Waals surface area contributed by atoms with Crippen LogP contribution < -0.4 is 0 Å². The fourth-order valence-electron chi connectivity index (χ4n) is 2.03. The average molecular weight is 278 g/mol. The standard InChI is InChI=1S/C17H14N2S/c1-20-17-11-15(8-9-16(17)12-19)14-6-4-13(5-7-14)3-2-10-18/h4-9,11H,2-3H2,1H3. The molecule has 0 heterocycles. The van der Waals surface area contributed by atoms with E-state index in [9.17, 15) is 0 Å². The Labute approximate surface area is 123 Å². The Bertz CT molecular complexity index is 676. The van der Waals surface area contributed by atoms with Crippen LogP contribution in [0, 0.1) is 22.7 Å². The van der Waals surface area contributed by atoms with Gasteiger partial charge in [0.05, 0.1) is 11.6 Å². The third-order valence-corrected chi connectivity index (χ3v) is 3.91. The van der Waals surface area contributed by atoms with Gasteiger partial charge in [0.25, 0.3) is 0 Å². The molecule has 2 aromatic rings. The Hall–Kier alpha value is -2.23. The summed E-state index contributed by atoms with van der Waals surface area (Å²) in [7, 11) is 0. The van der Waals surface area contributed by atoms with E-state index < -0.39 is 0 Å². The Morgan fingerprint density at radius 2 is 1.70 bits per heavy atom. The third kappa shape index (κ3) is 3.20. The lowest BCUT2D eigenvalue weighted by atomic mass is 10.0. The number of hydrogen-bond donors (Lipinski definition) is 0. The first kappa shape index (κ1) is 14.2. The maximum Gasteiger partial charge on any atom is 0.100 e. The van der Waals surface area contributed by atoms with E-state index in [4.69, 9.17) is 10.5 Å². The predicted octanol–water partition coefficient (Wildman–Crippen LogP) is 4.40. The van der Waals surface area contributed by atoms with Gasteiger partial charge in [-0.25, -0.2) is 0 Å². The van der Waals surface area contributed by atoms with Gasteiger partial charge in [0, 0.05) is 11.3 Å². The number of nitrogens with zero attached hydrogens (tertiary/aromatic N) is 2. The molecule has 0 aliphatic carbocycles. The van der Waals surface area contributed by atoms with Gasteiger partial charge in [-0.05, 0) is 41.5 Å². The minimum absolute atomic E-state index is 0.548. The van der Waals surface area contributed by atoms with Gasteiger partial charge in [0.2, 0.25) is 0 Å². The van der Waals surface area contributed by atoms with Crippen LogP contribution in [0.25, 0.3) is 11.1 Å². The van der Waals surface area contributed by atoms with E-state index in [-0.39, 0.29) is 0 Å². The van der Waals surface area contributed by atoms with E-state index in [1.807, 2.05) is 24.5 Å². The molecule has 0 fully saturated rings. The van der Waals surface area contributed by atoms with Crippen molar-refractivity contribution in [1.29, 1.82) is 10.5 Å². The lowest BCUT2D eigenvalue weighted by Crippen LogP contribution is -1.86. The summed E-state index contributed by atoms with van der Waals surface area (Å²) in [6.45, 7) is 0. The largest absolute Gasteiger partial charge is 0.198 e. The third-order valence-electron chi connectivity index (χ3n) is 3.13. The Balaban J connectivity index is 2.28. The van der Waals surface area contributed by atoms with Crippen molar-refractivity contribution in [1.82, 2.24) is 0 Å². The zero-order valence-electron chi connectivity index (χ0n) is 11.3. The Morgan fingerprint density at radius 3 is 2.30 bits per heavy atom. The van der Waals surface area contributed by atoms with Crippen molar-refractivity contribution in [3.63, 3.8) is 0 Å². The highest BCUT2D eigenvalue weighted by Crippen LogP contribution is 2.27. The van der Waals surface area contributed by atoms with Crippen LogP contribution in [0.15, 0.2) is 47.4 Å². The van der Waals surface area contributed by atoms with E-state index in [1.165, 1.54) is 5.56 Å². The first-order valence-corrected chi connectivity index (χ1v) is 7.55. The molecule has 20 heavy (non-hydrogen) atoms. The monoisotopic (exact) mass is 278 g/mol. The van der Waals surface area contributed by atoms with Crippen LogP contribution in [0.5, 0.6) is 0 Å². The number of rotatable bonds is 4. The summed E-state index contributed by atoms with van der Waals surface area (Å²) in [5.74, 6) is 0. The number of benzene rings is 2. The number of aryl methyl sites for hydroxylation is 1.